The Morgan fingerprint density at radius 2 is 1.32 bits per heavy atom. The third-order valence-electron chi connectivity index (χ3n) is 2.49. The average molecular weight is 289 g/mol. The van der Waals surface area contributed by atoms with E-state index in [0.717, 1.165) is 12.1 Å². The van der Waals surface area contributed by atoms with Crippen LogP contribution in [0.1, 0.15) is 24.2 Å². The van der Waals surface area contributed by atoms with E-state index in [9.17, 15) is 35.8 Å². The van der Waals surface area contributed by atoms with Gasteiger partial charge >= 0.3 is 18.0 Å². The zero-order valence-corrected chi connectivity index (χ0v) is 9.44. The predicted octanol–water partition coefficient (Wildman–Crippen LogP) is 4.47. The fraction of sp³-hybridized carbons (Fsp3) is 0.455. The van der Waals surface area contributed by atoms with Crippen LogP contribution in [0.25, 0.3) is 0 Å². The molecule has 8 heteroatoms. The van der Waals surface area contributed by atoms with E-state index < -0.39 is 29.7 Å². The van der Waals surface area contributed by atoms with Gasteiger partial charge in [-0.05, 0) is 12.5 Å². The highest BCUT2D eigenvalue weighted by Gasteiger charge is 2.73. The lowest BCUT2D eigenvalue weighted by molar-refractivity contribution is -0.359. The summed E-state index contributed by atoms with van der Waals surface area (Å²) in [6, 6.07) is 2.38. The number of hydrogen-bond acceptors (Lipinski definition) is 0. The maximum Gasteiger partial charge on any atom is 0.460 e. The first-order valence-electron chi connectivity index (χ1n) is 5.00. The molecule has 0 fully saturated rings. The van der Waals surface area contributed by atoms with E-state index in [1.165, 1.54) is 6.92 Å². The molecule has 0 N–H and O–H groups in total. The fourth-order valence-electron chi connectivity index (χ4n) is 1.32. The molecule has 0 amide bonds. The summed E-state index contributed by atoms with van der Waals surface area (Å²) in [6.07, 6.45) is -7.67. The molecule has 1 unspecified atom stereocenters. The minimum absolute atomic E-state index is 0.00914. The first-order chi connectivity index (χ1) is 8.41. The van der Waals surface area contributed by atoms with Crippen molar-refractivity contribution >= 4 is 0 Å². The molecule has 0 aromatic heterocycles. The minimum Gasteiger partial charge on any atom is -0.228 e. The molecule has 0 saturated heterocycles. The molecule has 1 aromatic carbocycles. The highest BCUT2D eigenvalue weighted by molar-refractivity contribution is 5.28. The van der Waals surface area contributed by atoms with Crippen LogP contribution in [-0.2, 0) is 11.0 Å². The number of benzene rings is 1. The molecule has 1 rings (SSSR count). The summed E-state index contributed by atoms with van der Waals surface area (Å²) in [6.45, 7) is 1.18. The Morgan fingerprint density at radius 3 is 1.63 bits per heavy atom. The molecule has 19 heavy (non-hydrogen) atoms. The van der Waals surface area contributed by atoms with Crippen molar-refractivity contribution in [3.8, 4) is 0 Å². The molecule has 0 spiro atoms. The number of hydrogen-bond donors (Lipinski definition) is 0. The van der Waals surface area contributed by atoms with Crippen LogP contribution in [0, 0.1) is 0 Å². The number of halogens is 7. The van der Waals surface area contributed by atoms with Crippen molar-refractivity contribution in [3.05, 3.63) is 35.4 Å². The first-order valence-corrected chi connectivity index (χ1v) is 5.00. The number of alkyl halides is 7. The highest BCUT2D eigenvalue weighted by Crippen LogP contribution is 2.51. The van der Waals surface area contributed by atoms with Crippen molar-refractivity contribution < 1.29 is 35.8 Å². The van der Waals surface area contributed by atoms with Crippen molar-refractivity contribution in [2.75, 3.05) is 0 Å². The minimum atomic E-state index is -6.37. The SMILES string of the molecule is CC([O])c1ccc(C(F)(F)C(F)(F)C(F)(F)F)cc1. The second-order valence-electron chi connectivity index (χ2n) is 3.91. The Hall–Kier alpha value is -1.31. The monoisotopic (exact) mass is 289 g/mol. The van der Waals surface area contributed by atoms with Crippen LogP contribution >= 0.6 is 0 Å². The van der Waals surface area contributed by atoms with Crippen molar-refractivity contribution in [2.45, 2.75) is 31.0 Å². The maximum atomic E-state index is 13.2. The van der Waals surface area contributed by atoms with Gasteiger partial charge < -0.3 is 0 Å². The van der Waals surface area contributed by atoms with Gasteiger partial charge in [-0.25, -0.2) is 5.11 Å². The van der Waals surface area contributed by atoms with Crippen LogP contribution in [0.5, 0.6) is 0 Å². The fourth-order valence-corrected chi connectivity index (χ4v) is 1.32. The molecule has 0 bridgehead atoms. The summed E-state index contributed by atoms with van der Waals surface area (Å²) < 4.78 is 87.7. The molecule has 0 aliphatic rings. The van der Waals surface area contributed by atoms with E-state index in [1.807, 2.05) is 0 Å². The van der Waals surface area contributed by atoms with Crippen molar-refractivity contribution in [1.82, 2.24) is 0 Å². The van der Waals surface area contributed by atoms with Crippen molar-refractivity contribution in [3.63, 3.8) is 0 Å². The van der Waals surface area contributed by atoms with Crippen LogP contribution < -0.4 is 0 Å². The van der Waals surface area contributed by atoms with E-state index in [2.05, 4.69) is 0 Å². The lowest BCUT2D eigenvalue weighted by atomic mass is 9.99. The van der Waals surface area contributed by atoms with E-state index in [0.29, 0.717) is 12.1 Å². The van der Waals surface area contributed by atoms with Crippen LogP contribution in [0.4, 0.5) is 30.7 Å². The van der Waals surface area contributed by atoms with Gasteiger partial charge in [0.25, 0.3) is 0 Å². The third-order valence-corrected chi connectivity index (χ3v) is 2.49. The summed E-state index contributed by atoms with van der Waals surface area (Å²) in [4.78, 5) is 0. The molecular weight excluding hydrogens is 281 g/mol. The van der Waals surface area contributed by atoms with E-state index in [1.54, 1.807) is 0 Å². The Bertz CT molecular complexity index is 433. The summed E-state index contributed by atoms with van der Waals surface area (Å²) >= 11 is 0. The third kappa shape index (κ3) is 2.68. The molecule has 1 aromatic rings. The van der Waals surface area contributed by atoms with Gasteiger partial charge in [-0.3, -0.25) is 0 Å². The summed E-state index contributed by atoms with van der Waals surface area (Å²) in [5.41, 5.74) is -1.49. The topological polar surface area (TPSA) is 19.9 Å². The normalized spacial score (nSPS) is 15.4. The highest BCUT2D eigenvalue weighted by atomic mass is 19.4. The molecule has 0 saturated carbocycles. The van der Waals surface area contributed by atoms with Gasteiger partial charge in [0.05, 0.1) is 0 Å². The van der Waals surface area contributed by atoms with E-state index in [-0.39, 0.29) is 5.56 Å². The van der Waals surface area contributed by atoms with Crippen LogP contribution in [-0.4, -0.2) is 12.1 Å². The Morgan fingerprint density at radius 1 is 0.895 bits per heavy atom. The molecule has 107 valence electrons. The molecule has 0 aliphatic carbocycles. The summed E-state index contributed by atoms with van der Waals surface area (Å²) in [5.74, 6) is -11.6. The zero-order chi connectivity index (χ0) is 15.1. The Labute approximate surface area is 103 Å². The second-order valence-corrected chi connectivity index (χ2v) is 3.91. The molecule has 0 heterocycles. The lowest BCUT2D eigenvalue weighted by Crippen LogP contribution is -2.50. The second kappa shape index (κ2) is 4.66. The number of rotatable bonds is 3. The lowest BCUT2D eigenvalue weighted by Gasteiger charge is -2.28. The molecule has 1 nitrogen and oxygen atoms in total. The maximum absolute atomic E-state index is 13.2. The van der Waals surface area contributed by atoms with Gasteiger partial charge in [0.15, 0.2) is 0 Å². The van der Waals surface area contributed by atoms with Crippen LogP contribution in [0.3, 0.4) is 0 Å². The zero-order valence-electron chi connectivity index (χ0n) is 9.44. The van der Waals surface area contributed by atoms with Gasteiger partial charge in [0.1, 0.15) is 6.10 Å². The van der Waals surface area contributed by atoms with Gasteiger partial charge in [-0.15, -0.1) is 0 Å². The smallest absolute Gasteiger partial charge is 0.228 e. The van der Waals surface area contributed by atoms with Gasteiger partial charge in [-0.2, -0.15) is 30.7 Å². The summed E-state index contributed by atoms with van der Waals surface area (Å²) in [7, 11) is 0. The van der Waals surface area contributed by atoms with Crippen molar-refractivity contribution in [2.24, 2.45) is 0 Å². The summed E-state index contributed by atoms with van der Waals surface area (Å²) in [5, 5.41) is 10.9. The molecular formula is C11H8F7O. The van der Waals surface area contributed by atoms with Gasteiger partial charge in [0.2, 0.25) is 0 Å². The molecule has 1 radical (unpaired) electrons. The predicted molar refractivity (Wildman–Crippen MR) is 50.4 cm³/mol. The van der Waals surface area contributed by atoms with E-state index in [4.69, 9.17) is 0 Å². The van der Waals surface area contributed by atoms with Gasteiger partial charge in [0, 0.05) is 5.56 Å². The van der Waals surface area contributed by atoms with Crippen LogP contribution in [0.2, 0.25) is 0 Å². The Balaban J connectivity index is 3.20. The quantitative estimate of drug-likeness (QED) is 0.732. The average Bonchev–Trinajstić information content (AvgIpc) is 2.27. The molecule has 1 atom stereocenters. The van der Waals surface area contributed by atoms with E-state index >= 15 is 0 Å². The Kier molecular flexibility index (Phi) is 3.86. The van der Waals surface area contributed by atoms with Crippen molar-refractivity contribution in [1.29, 1.82) is 0 Å². The standard InChI is InChI=1S/C11H8F7O/c1-6(19)7-2-4-8(5-3-7)9(12,13)10(14,15)11(16,17)18/h2-6H,1H3. The first kappa shape index (κ1) is 15.7. The van der Waals surface area contributed by atoms with Crippen LogP contribution in [0.15, 0.2) is 24.3 Å². The largest absolute Gasteiger partial charge is 0.460 e. The van der Waals surface area contributed by atoms with Gasteiger partial charge in [-0.1, -0.05) is 24.3 Å². The molecule has 0 aliphatic heterocycles.